The Kier molecular flexibility index (Phi) is 3.75. The van der Waals surface area contributed by atoms with Gasteiger partial charge in [-0.05, 0) is 60.9 Å². The fourth-order valence-corrected chi connectivity index (χ4v) is 5.02. The molecule has 0 amide bonds. The molecule has 0 fully saturated rings. The summed E-state index contributed by atoms with van der Waals surface area (Å²) in [7, 11) is 1.60. The number of aryl methyl sites for hydroxylation is 2. The number of methoxy groups -OCH3 is 1. The van der Waals surface area contributed by atoms with Gasteiger partial charge in [0.05, 0.1) is 30.1 Å². The van der Waals surface area contributed by atoms with Crippen molar-refractivity contribution in [2.24, 2.45) is 0 Å². The minimum Gasteiger partial charge on any atom is -0.380 e. The van der Waals surface area contributed by atoms with Gasteiger partial charge >= 0.3 is 0 Å². The number of hydrogen-bond acceptors (Lipinski definition) is 3. The summed E-state index contributed by atoms with van der Waals surface area (Å²) in [6, 6.07) is 3.58. The molecule has 4 nitrogen and oxygen atoms in total. The summed E-state index contributed by atoms with van der Waals surface area (Å²) >= 11 is 0. The summed E-state index contributed by atoms with van der Waals surface area (Å²) < 4.78 is 21.6. The van der Waals surface area contributed by atoms with Crippen LogP contribution in [-0.2, 0) is 24.3 Å². The van der Waals surface area contributed by atoms with Gasteiger partial charge in [-0.3, -0.25) is 4.79 Å². The van der Waals surface area contributed by atoms with E-state index in [1.165, 1.54) is 5.56 Å². The van der Waals surface area contributed by atoms with E-state index in [-0.39, 0.29) is 11.4 Å². The molecule has 0 saturated heterocycles. The molecule has 2 aliphatic rings. The highest BCUT2D eigenvalue weighted by molar-refractivity contribution is 5.92. The molecule has 0 radical (unpaired) electrons. The van der Waals surface area contributed by atoms with E-state index in [1.54, 1.807) is 17.7 Å². The first-order valence-corrected chi connectivity index (χ1v) is 9.79. The number of halogens is 1. The summed E-state index contributed by atoms with van der Waals surface area (Å²) in [4.78, 5) is 18.0. The second-order valence-corrected chi connectivity index (χ2v) is 8.16. The smallest absolute Gasteiger partial charge is 0.257 e. The lowest BCUT2D eigenvalue weighted by atomic mass is 9.79. The zero-order chi connectivity index (χ0) is 19.7. The van der Waals surface area contributed by atoms with Crippen LogP contribution in [0.15, 0.2) is 16.9 Å². The highest BCUT2D eigenvalue weighted by atomic mass is 19.1. The number of pyridine rings is 2. The molecule has 2 aromatic heterocycles. The summed E-state index contributed by atoms with van der Waals surface area (Å²) in [6.45, 7) is 6.84. The second kappa shape index (κ2) is 5.98. The number of hydrogen-bond donors (Lipinski definition) is 0. The van der Waals surface area contributed by atoms with E-state index in [0.29, 0.717) is 30.1 Å². The monoisotopic (exact) mass is 378 g/mol. The fourth-order valence-electron chi connectivity index (χ4n) is 5.02. The molecule has 0 saturated carbocycles. The normalized spacial score (nSPS) is 17.1. The van der Waals surface area contributed by atoms with E-state index in [9.17, 15) is 9.18 Å². The molecule has 5 rings (SSSR count). The van der Waals surface area contributed by atoms with Crippen molar-refractivity contribution in [2.75, 3.05) is 7.11 Å². The van der Waals surface area contributed by atoms with Crippen molar-refractivity contribution < 1.29 is 9.13 Å². The Morgan fingerprint density at radius 2 is 2.07 bits per heavy atom. The maximum Gasteiger partial charge on any atom is 0.257 e. The third-order valence-electron chi connectivity index (χ3n) is 6.54. The number of rotatable bonds is 2. The maximum absolute atomic E-state index is 14.6. The molecule has 0 bridgehead atoms. The van der Waals surface area contributed by atoms with Crippen LogP contribution in [0.4, 0.5) is 4.39 Å². The Bertz CT molecular complexity index is 1230. The minimum atomic E-state index is -0.197. The van der Waals surface area contributed by atoms with Gasteiger partial charge in [0.2, 0.25) is 0 Å². The Labute approximate surface area is 163 Å². The van der Waals surface area contributed by atoms with E-state index in [0.717, 1.165) is 51.9 Å². The van der Waals surface area contributed by atoms with Crippen LogP contribution in [0, 0.1) is 19.7 Å². The lowest BCUT2D eigenvalue weighted by Gasteiger charge is -2.26. The van der Waals surface area contributed by atoms with Crippen LogP contribution < -0.4 is 5.56 Å². The van der Waals surface area contributed by atoms with E-state index >= 15 is 0 Å². The molecule has 144 valence electrons. The van der Waals surface area contributed by atoms with Gasteiger partial charge < -0.3 is 9.30 Å². The Morgan fingerprint density at radius 3 is 2.82 bits per heavy atom. The van der Waals surface area contributed by atoms with Crippen molar-refractivity contribution in [3.8, 4) is 11.4 Å². The summed E-state index contributed by atoms with van der Waals surface area (Å²) in [6.07, 6.45) is 1.86. The standard InChI is InChI=1S/C23H23FN2O2/c1-11-5-6-14-13(3)17(24)8-18-21(14)20(11)15-9-26-19(22(15)25-18)7-12(2)16(10-28-4)23(26)27/h7-8,11H,5-6,9-10H2,1-4H3. The zero-order valence-corrected chi connectivity index (χ0v) is 16.6. The van der Waals surface area contributed by atoms with Crippen LogP contribution in [0.3, 0.4) is 0 Å². The summed E-state index contributed by atoms with van der Waals surface area (Å²) in [5.41, 5.74) is 8.13. The summed E-state index contributed by atoms with van der Waals surface area (Å²) in [5, 5.41) is 1.10. The quantitative estimate of drug-likeness (QED) is 0.520. The molecule has 3 heterocycles. The van der Waals surface area contributed by atoms with Gasteiger partial charge in [-0.2, -0.15) is 0 Å². The predicted molar refractivity (Wildman–Crippen MR) is 107 cm³/mol. The third-order valence-corrected chi connectivity index (χ3v) is 6.54. The average Bonchev–Trinajstić information content (AvgIpc) is 3.02. The van der Waals surface area contributed by atoms with Crippen LogP contribution in [0.1, 0.15) is 52.6 Å². The molecule has 1 aromatic carbocycles. The number of aromatic nitrogens is 2. The lowest BCUT2D eigenvalue weighted by molar-refractivity contribution is 0.183. The molecule has 0 N–H and O–H groups in total. The van der Waals surface area contributed by atoms with Gasteiger partial charge in [-0.25, -0.2) is 9.37 Å². The van der Waals surface area contributed by atoms with Gasteiger partial charge in [0.15, 0.2) is 0 Å². The third kappa shape index (κ3) is 2.20. The fraction of sp³-hybridized carbons (Fsp3) is 0.391. The Hall–Kier alpha value is -2.53. The van der Waals surface area contributed by atoms with Gasteiger partial charge in [-0.15, -0.1) is 0 Å². The van der Waals surface area contributed by atoms with Crippen LogP contribution >= 0.6 is 0 Å². The maximum atomic E-state index is 14.6. The van der Waals surface area contributed by atoms with Crippen LogP contribution in [0.2, 0.25) is 0 Å². The van der Waals surface area contributed by atoms with E-state index in [1.807, 2.05) is 19.9 Å². The molecule has 3 aromatic rings. The molecule has 1 atom stereocenters. The molecule has 5 heteroatoms. The molecular formula is C23H23FN2O2. The Balaban J connectivity index is 1.87. The van der Waals surface area contributed by atoms with Crippen LogP contribution in [0.25, 0.3) is 22.3 Å². The summed E-state index contributed by atoms with van der Waals surface area (Å²) in [5.74, 6) is 0.165. The van der Waals surface area contributed by atoms with Crippen LogP contribution in [-0.4, -0.2) is 16.7 Å². The minimum absolute atomic E-state index is 0.0165. The topological polar surface area (TPSA) is 44.1 Å². The number of benzene rings is 1. The van der Waals surface area contributed by atoms with Crippen molar-refractivity contribution in [3.05, 3.63) is 61.7 Å². The highest BCUT2D eigenvalue weighted by Gasteiger charge is 2.32. The Morgan fingerprint density at radius 1 is 1.29 bits per heavy atom. The van der Waals surface area contributed by atoms with E-state index in [2.05, 4.69) is 6.92 Å². The van der Waals surface area contributed by atoms with Crippen molar-refractivity contribution >= 4 is 10.9 Å². The molecule has 28 heavy (non-hydrogen) atoms. The van der Waals surface area contributed by atoms with Crippen LogP contribution in [0.5, 0.6) is 0 Å². The van der Waals surface area contributed by atoms with Crippen molar-refractivity contribution in [3.63, 3.8) is 0 Å². The molecular weight excluding hydrogens is 355 g/mol. The number of fused-ring (bicyclic) bond motifs is 4. The molecule has 1 aliphatic carbocycles. The SMILES string of the molecule is COCc1c(C)cc2n(c1=O)Cc1c-2nc2cc(F)c(C)c3c2c1C(C)CC3. The van der Waals surface area contributed by atoms with Gasteiger partial charge in [0.25, 0.3) is 5.56 Å². The number of ether oxygens (including phenoxy) is 1. The average molecular weight is 378 g/mol. The van der Waals surface area contributed by atoms with Crippen molar-refractivity contribution in [1.82, 2.24) is 9.55 Å². The highest BCUT2D eigenvalue weighted by Crippen LogP contribution is 2.45. The first kappa shape index (κ1) is 17.6. The molecule has 0 spiro atoms. The van der Waals surface area contributed by atoms with Crippen molar-refractivity contribution in [2.45, 2.75) is 52.7 Å². The number of nitrogens with zero attached hydrogens (tertiary/aromatic N) is 2. The first-order valence-electron chi connectivity index (χ1n) is 9.79. The zero-order valence-electron chi connectivity index (χ0n) is 16.6. The van der Waals surface area contributed by atoms with Gasteiger partial charge in [-0.1, -0.05) is 6.92 Å². The molecule has 1 aliphatic heterocycles. The largest absolute Gasteiger partial charge is 0.380 e. The van der Waals surface area contributed by atoms with Gasteiger partial charge in [0.1, 0.15) is 5.82 Å². The predicted octanol–water partition coefficient (Wildman–Crippen LogP) is 4.38. The first-order chi connectivity index (χ1) is 13.4. The lowest BCUT2D eigenvalue weighted by Crippen LogP contribution is -2.24. The van der Waals surface area contributed by atoms with E-state index < -0.39 is 0 Å². The second-order valence-electron chi connectivity index (χ2n) is 8.16. The van der Waals surface area contributed by atoms with E-state index in [4.69, 9.17) is 9.72 Å². The van der Waals surface area contributed by atoms with Gasteiger partial charge in [0, 0.05) is 29.7 Å². The molecule has 1 unspecified atom stereocenters. The van der Waals surface area contributed by atoms with Crippen molar-refractivity contribution in [1.29, 1.82) is 0 Å².